The topological polar surface area (TPSA) is 105 Å². The number of urea groups is 1. The molecule has 31 heavy (non-hydrogen) atoms. The Kier molecular flexibility index (Phi) is 7.09. The fourth-order valence-electron chi connectivity index (χ4n) is 3.62. The van der Waals surface area contributed by atoms with Crippen LogP contribution in [0.1, 0.15) is 17.2 Å². The van der Waals surface area contributed by atoms with Crippen LogP contribution in [0.3, 0.4) is 0 Å². The predicted molar refractivity (Wildman–Crippen MR) is 116 cm³/mol. The van der Waals surface area contributed by atoms with Gasteiger partial charge in [-0.25, -0.2) is 9.59 Å². The van der Waals surface area contributed by atoms with Crippen molar-refractivity contribution in [1.82, 2.24) is 9.80 Å². The maximum atomic E-state index is 12.7. The molecule has 164 valence electrons. The zero-order valence-corrected chi connectivity index (χ0v) is 18.0. The minimum atomic E-state index is -0.618. The zero-order chi connectivity index (χ0) is 22.5. The first kappa shape index (κ1) is 22.5. The van der Waals surface area contributed by atoms with Gasteiger partial charge in [-0.3, -0.25) is 15.0 Å². The van der Waals surface area contributed by atoms with Crippen LogP contribution in [0, 0.1) is 17.0 Å². The van der Waals surface area contributed by atoms with E-state index in [9.17, 15) is 19.7 Å². The number of methoxy groups -OCH3 is 1. The number of halogens is 1. The van der Waals surface area contributed by atoms with Crippen LogP contribution in [0.25, 0.3) is 0 Å². The van der Waals surface area contributed by atoms with E-state index in [0.29, 0.717) is 42.5 Å². The molecule has 3 rings (SSSR count). The number of hydrogen-bond acceptors (Lipinski definition) is 6. The Morgan fingerprint density at radius 2 is 1.84 bits per heavy atom. The molecule has 1 saturated heterocycles. The van der Waals surface area contributed by atoms with Gasteiger partial charge < -0.3 is 15.0 Å². The number of piperazine rings is 1. The minimum absolute atomic E-state index is 0.0509. The number of nitro benzene ring substituents is 1. The Labute approximate surface area is 184 Å². The normalized spacial score (nSPS) is 15.3. The number of amides is 2. The summed E-state index contributed by atoms with van der Waals surface area (Å²) in [6.07, 6.45) is 0. The fourth-order valence-corrected chi connectivity index (χ4v) is 3.82. The molecule has 9 nitrogen and oxygen atoms in total. The second-order valence-corrected chi connectivity index (χ2v) is 7.58. The third-order valence-corrected chi connectivity index (χ3v) is 5.53. The SMILES string of the molecule is COC(=O)C(c1cccc(Cl)c1)N1CCN(C(=O)Nc2cccc([N+](=O)[O-])c2C)CC1. The molecule has 0 aliphatic carbocycles. The first-order valence-electron chi connectivity index (χ1n) is 9.69. The molecule has 0 saturated carbocycles. The Hall–Kier alpha value is -3.17. The van der Waals surface area contributed by atoms with Gasteiger partial charge in [0.1, 0.15) is 6.04 Å². The molecule has 1 aliphatic rings. The fraction of sp³-hybridized carbons (Fsp3) is 0.333. The van der Waals surface area contributed by atoms with E-state index < -0.39 is 16.9 Å². The molecule has 1 heterocycles. The van der Waals surface area contributed by atoms with E-state index in [1.165, 1.54) is 19.2 Å². The van der Waals surface area contributed by atoms with Crippen LogP contribution in [0.4, 0.5) is 16.2 Å². The van der Waals surface area contributed by atoms with E-state index in [1.807, 2.05) is 11.0 Å². The standard InChI is InChI=1S/C21H23ClN4O5/c1-14-17(7-4-8-18(14)26(29)30)23-21(28)25-11-9-24(10-12-25)19(20(27)31-2)15-5-3-6-16(22)13-15/h3-8,13,19H,9-12H2,1-2H3,(H,23,28). The number of carbonyl (C=O) groups is 2. The summed E-state index contributed by atoms with van der Waals surface area (Å²) in [4.78, 5) is 39.3. The van der Waals surface area contributed by atoms with Crippen molar-refractivity contribution < 1.29 is 19.2 Å². The molecule has 0 bridgehead atoms. The highest BCUT2D eigenvalue weighted by molar-refractivity contribution is 6.30. The van der Waals surface area contributed by atoms with Crippen molar-refractivity contribution in [1.29, 1.82) is 0 Å². The largest absolute Gasteiger partial charge is 0.468 e. The van der Waals surface area contributed by atoms with E-state index in [4.69, 9.17) is 16.3 Å². The molecule has 2 aromatic carbocycles. The average Bonchev–Trinajstić information content (AvgIpc) is 2.75. The Balaban J connectivity index is 1.68. The van der Waals surface area contributed by atoms with Crippen LogP contribution >= 0.6 is 11.6 Å². The molecule has 1 atom stereocenters. The summed E-state index contributed by atoms with van der Waals surface area (Å²) < 4.78 is 4.99. The molecule has 1 unspecified atom stereocenters. The number of benzene rings is 2. The van der Waals surface area contributed by atoms with Crippen molar-refractivity contribution in [2.24, 2.45) is 0 Å². The van der Waals surface area contributed by atoms with Crippen molar-refractivity contribution in [2.45, 2.75) is 13.0 Å². The average molecular weight is 447 g/mol. The van der Waals surface area contributed by atoms with Gasteiger partial charge in [0.15, 0.2) is 0 Å². The number of nitrogens with zero attached hydrogens (tertiary/aromatic N) is 3. The lowest BCUT2D eigenvalue weighted by Crippen LogP contribution is -2.52. The van der Waals surface area contributed by atoms with Crippen LogP contribution in [0.5, 0.6) is 0 Å². The quantitative estimate of drug-likeness (QED) is 0.427. The van der Waals surface area contributed by atoms with Gasteiger partial charge in [-0.2, -0.15) is 0 Å². The monoisotopic (exact) mass is 446 g/mol. The van der Waals surface area contributed by atoms with E-state index in [0.717, 1.165) is 5.56 Å². The van der Waals surface area contributed by atoms with Gasteiger partial charge >= 0.3 is 12.0 Å². The molecule has 2 amide bonds. The third-order valence-electron chi connectivity index (χ3n) is 5.30. The molecule has 2 aromatic rings. The van der Waals surface area contributed by atoms with Gasteiger partial charge in [0.2, 0.25) is 0 Å². The first-order valence-corrected chi connectivity index (χ1v) is 10.1. The van der Waals surface area contributed by atoms with Gasteiger partial charge in [0.25, 0.3) is 5.69 Å². The molecule has 1 N–H and O–H groups in total. The van der Waals surface area contributed by atoms with E-state index in [2.05, 4.69) is 5.32 Å². The van der Waals surface area contributed by atoms with Gasteiger partial charge in [-0.1, -0.05) is 29.8 Å². The molecule has 0 spiro atoms. The molecule has 10 heteroatoms. The summed E-state index contributed by atoms with van der Waals surface area (Å²) in [6, 6.07) is 10.6. The lowest BCUT2D eigenvalue weighted by Gasteiger charge is -2.38. The number of ether oxygens (including phenoxy) is 1. The maximum Gasteiger partial charge on any atom is 0.327 e. The zero-order valence-electron chi connectivity index (χ0n) is 17.2. The summed E-state index contributed by atoms with van der Waals surface area (Å²) in [6.45, 7) is 3.26. The smallest absolute Gasteiger partial charge is 0.327 e. The van der Waals surface area contributed by atoms with Crippen molar-refractivity contribution >= 4 is 35.0 Å². The van der Waals surface area contributed by atoms with Gasteiger partial charge in [0, 0.05) is 37.3 Å². The number of nitrogens with one attached hydrogen (secondary N) is 1. The van der Waals surface area contributed by atoms with Crippen LogP contribution in [-0.2, 0) is 9.53 Å². The molecular formula is C21H23ClN4O5. The highest BCUT2D eigenvalue weighted by Crippen LogP contribution is 2.27. The van der Waals surface area contributed by atoms with Crippen LogP contribution in [-0.4, -0.2) is 60.0 Å². The Bertz CT molecular complexity index is 991. The third kappa shape index (κ3) is 5.12. The second kappa shape index (κ2) is 9.76. The molecule has 0 radical (unpaired) electrons. The van der Waals surface area contributed by atoms with E-state index >= 15 is 0 Å². The summed E-state index contributed by atoms with van der Waals surface area (Å²) in [5.41, 5.74) is 1.47. The molecule has 0 aromatic heterocycles. The molecular weight excluding hydrogens is 424 g/mol. The van der Waals surface area contributed by atoms with Gasteiger partial charge in [0.05, 0.1) is 23.3 Å². The second-order valence-electron chi connectivity index (χ2n) is 7.14. The summed E-state index contributed by atoms with van der Waals surface area (Å²) in [5.74, 6) is -0.396. The van der Waals surface area contributed by atoms with Crippen LogP contribution in [0.15, 0.2) is 42.5 Å². The molecule has 1 aliphatic heterocycles. The Morgan fingerprint density at radius 1 is 1.16 bits per heavy atom. The van der Waals surface area contributed by atoms with Crippen LogP contribution in [0.2, 0.25) is 5.02 Å². The summed E-state index contributed by atoms with van der Waals surface area (Å²) in [7, 11) is 1.34. The Morgan fingerprint density at radius 3 is 2.45 bits per heavy atom. The highest BCUT2D eigenvalue weighted by Gasteiger charge is 2.32. The summed E-state index contributed by atoms with van der Waals surface area (Å²) in [5, 5.41) is 14.4. The minimum Gasteiger partial charge on any atom is -0.468 e. The number of esters is 1. The lowest BCUT2D eigenvalue weighted by atomic mass is 10.0. The van der Waals surface area contributed by atoms with Crippen molar-refractivity contribution in [2.75, 3.05) is 38.6 Å². The number of hydrogen-bond donors (Lipinski definition) is 1. The van der Waals surface area contributed by atoms with Crippen molar-refractivity contribution in [3.8, 4) is 0 Å². The predicted octanol–water partition coefficient (Wildman–Crippen LogP) is 3.62. The van der Waals surface area contributed by atoms with Gasteiger partial charge in [-0.05, 0) is 30.7 Å². The first-order chi connectivity index (χ1) is 14.8. The molecule has 1 fully saturated rings. The lowest BCUT2D eigenvalue weighted by molar-refractivity contribution is -0.385. The number of rotatable bonds is 5. The number of nitro groups is 1. The maximum absolute atomic E-state index is 12.7. The number of anilines is 1. The van der Waals surface area contributed by atoms with Crippen molar-refractivity contribution in [3.63, 3.8) is 0 Å². The van der Waals surface area contributed by atoms with Crippen LogP contribution < -0.4 is 5.32 Å². The van der Waals surface area contributed by atoms with E-state index in [-0.39, 0.29) is 11.7 Å². The highest BCUT2D eigenvalue weighted by atomic mass is 35.5. The van der Waals surface area contributed by atoms with E-state index in [1.54, 1.807) is 36.1 Å². The van der Waals surface area contributed by atoms with Gasteiger partial charge in [-0.15, -0.1) is 0 Å². The summed E-state index contributed by atoms with van der Waals surface area (Å²) >= 11 is 6.09. The van der Waals surface area contributed by atoms with Crippen molar-refractivity contribution in [3.05, 3.63) is 68.7 Å². The number of carbonyl (C=O) groups excluding carboxylic acids is 2.